The van der Waals surface area contributed by atoms with Crippen molar-refractivity contribution in [3.05, 3.63) is 75.3 Å². The molecule has 2 aromatic heterocycles. The Morgan fingerprint density at radius 2 is 1.97 bits per heavy atom. The molecular weight excluding hydrogens is 464 g/mol. The van der Waals surface area contributed by atoms with E-state index in [1.807, 2.05) is 6.07 Å². The maximum atomic E-state index is 15.1. The number of nitriles is 1. The van der Waals surface area contributed by atoms with Crippen LogP contribution in [0.3, 0.4) is 0 Å². The molecule has 0 bridgehead atoms. The van der Waals surface area contributed by atoms with E-state index >= 15 is 8.78 Å². The lowest BCUT2D eigenvalue weighted by Gasteiger charge is -2.19. The number of hydrogen-bond donors (Lipinski definition) is 1. The number of hydrogen-bond acceptors (Lipinski definition) is 5. The van der Waals surface area contributed by atoms with E-state index in [9.17, 15) is 9.90 Å². The number of rotatable bonds is 7. The summed E-state index contributed by atoms with van der Waals surface area (Å²) in [4.78, 5) is 17.1. The molecule has 0 atom stereocenters. The lowest BCUT2D eigenvalue weighted by Crippen LogP contribution is -2.22. The van der Waals surface area contributed by atoms with Gasteiger partial charge in [0.25, 0.3) is 5.92 Å². The monoisotopic (exact) mass is 487 g/mol. The third kappa shape index (κ3) is 5.11. The zero-order valence-corrected chi connectivity index (χ0v) is 20.0. The Bertz CT molecular complexity index is 1260. The predicted octanol–water partition coefficient (Wildman–Crippen LogP) is 5.60. The van der Waals surface area contributed by atoms with Crippen molar-refractivity contribution in [3.8, 4) is 17.2 Å². The largest absolute Gasteiger partial charge is 0.459 e. The summed E-state index contributed by atoms with van der Waals surface area (Å²) >= 11 is 5.98. The van der Waals surface area contributed by atoms with Crippen molar-refractivity contribution in [1.29, 1.82) is 5.26 Å². The number of benzene rings is 1. The SMILES string of the molecule is Cc1c(-c2ccc(C#N)cc2)c(C(=O)OC(C)C)c(C(C)(F)F)n1Cc1cnc(Cl)c(CO)c1. The van der Waals surface area contributed by atoms with Gasteiger partial charge in [0.15, 0.2) is 0 Å². The first-order valence-electron chi connectivity index (χ1n) is 10.5. The van der Waals surface area contributed by atoms with E-state index in [2.05, 4.69) is 4.98 Å². The Labute approximate surface area is 201 Å². The second-order valence-electron chi connectivity index (χ2n) is 8.25. The van der Waals surface area contributed by atoms with Gasteiger partial charge < -0.3 is 14.4 Å². The standard InChI is InChI=1S/C25H24ClF2N3O3/c1-14(2)34-24(33)21-20(18-7-5-16(10-29)6-8-18)15(3)31(22(21)25(4,27)28)12-17-9-19(13-32)23(26)30-11-17/h5-9,11,14,32H,12-13H2,1-4H3. The number of carbonyl (C=O) groups is 1. The summed E-state index contributed by atoms with van der Waals surface area (Å²) in [5.74, 6) is -4.25. The van der Waals surface area contributed by atoms with E-state index in [0.717, 1.165) is 6.92 Å². The van der Waals surface area contributed by atoms with Crippen LogP contribution in [0.2, 0.25) is 5.15 Å². The molecule has 178 valence electrons. The molecular formula is C25H24ClF2N3O3. The van der Waals surface area contributed by atoms with Crippen LogP contribution in [0.5, 0.6) is 0 Å². The zero-order valence-electron chi connectivity index (χ0n) is 19.2. The maximum absolute atomic E-state index is 15.1. The topological polar surface area (TPSA) is 88.1 Å². The van der Waals surface area contributed by atoms with E-state index in [4.69, 9.17) is 21.6 Å². The Kier molecular flexibility index (Phi) is 7.39. The predicted molar refractivity (Wildman–Crippen MR) is 124 cm³/mol. The van der Waals surface area contributed by atoms with Crippen molar-refractivity contribution < 1.29 is 23.4 Å². The highest BCUT2D eigenvalue weighted by atomic mass is 35.5. The molecule has 0 aliphatic rings. The number of pyridine rings is 1. The molecule has 34 heavy (non-hydrogen) atoms. The van der Waals surface area contributed by atoms with Gasteiger partial charge in [0.05, 0.1) is 29.9 Å². The summed E-state index contributed by atoms with van der Waals surface area (Å²) in [6.07, 6.45) is 0.919. The van der Waals surface area contributed by atoms with Crippen LogP contribution in [-0.2, 0) is 23.8 Å². The van der Waals surface area contributed by atoms with Gasteiger partial charge in [-0.2, -0.15) is 14.0 Å². The minimum absolute atomic E-state index is 0.0417. The quantitative estimate of drug-likeness (QED) is 0.346. The first kappa shape index (κ1) is 25.3. The molecule has 0 radical (unpaired) electrons. The molecule has 3 rings (SSSR count). The van der Waals surface area contributed by atoms with Crippen LogP contribution < -0.4 is 0 Å². The molecule has 9 heteroatoms. The third-order valence-electron chi connectivity index (χ3n) is 5.27. The van der Waals surface area contributed by atoms with E-state index in [1.54, 1.807) is 51.1 Å². The van der Waals surface area contributed by atoms with Crippen molar-refractivity contribution in [2.75, 3.05) is 0 Å². The lowest BCUT2D eigenvalue weighted by molar-refractivity contribution is 0.00521. The van der Waals surface area contributed by atoms with Crippen molar-refractivity contribution in [1.82, 2.24) is 9.55 Å². The average molecular weight is 488 g/mol. The number of nitrogens with zero attached hydrogens (tertiary/aromatic N) is 3. The lowest BCUT2D eigenvalue weighted by atomic mass is 9.98. The molecule has 0 unspecified atom stereocenters. The molecule has 3 aromatic rings. The molecule has 0 saturated heterocycles. The smallest absolute Gasteiger partial charge is 0.341 e. The number of esters is 1. The summed E-state index contributed by atoms with van der Waals surface area (Å²) < 4.78 is 36.8. The molecule has 1 N–H and O–H groups in total. The van der Waals surface area contributed by atoms with Gasteiger partial charge in [-0.1, -0.05) is 23.7 Å². The number of alkyl halides is 2. The molecule has 0 fully saturated rings. The second kappa shape index (κ2) is 9.92. The van der Waals surface area contributed by atoms with Gasteiger partial charge in [0, 0.05) is 36.5 Å². The number of halogens is 3. The minimum Gasteiger partial charge on any atom is -0.459 e. The van der Waals surface area contributed by atoms with E-state index < -0.39 is 23.7 Å². The molecule has 0 aliphatic heterocycles. The van der Waals surface area contributed by atoms with Gasteiger partial charge in [-0.05, 0) is 50.1 Å². The molecule has 0 spiro atoms. The van der Waals surface area contributed by atoms with Crippen LogP contribution in [0.25, 0.3) is 11.1 Å². The Morgan fingerprint density at radius 3 is 2.50 bits per heavy atom. The molecule has 1 aromatic carbocycles. The first-order valence-corrected chi connectivity index (χ1v) is 10.9. The summed E-state index contributed by atoms with van der Waals surface area (Å²) in [5, 5.41) is 18.7. The maximum Gasteiger partial charge on any atom is 0.341 e. The number of carbonyl (C=O) groups excluding carboxylic acids is 1. The molecule has 0 saturated carbocycles. The highest BCUT2D eigenvalue weighted by Crippen LogP contribution is 2.41. The van der Waals surface area contributed by atoms with E-state index in [-0.39, 0.29) is 23.9 Å². The Balaban J connectivity index is 2.31. The fourth-order valence-electron chi connectivity index (χ4n) is 3.85. The summed E-state index contributed by atoms with van der Waals surface area (Å²) in [6, 6.07) is 9.95. The summed E-state index contributed by atoms with van der Waals surface area (Å²) in [6.45, 7) is 5.26. The molecule has 2 heterocycles. The fourth-order valence-corrected chi connectivity index (χ4v) is 4.01. The number of aromatic nitrogens is 2. The third-order valence-corrected chi connectivity index (χ3v) is 5.61. The van der Waals surface area contributed by atoms with Crippen LogP contribution >= 0.6 is 11.6 Å². The van der Waals surface area contributed by atoms with E-state index in [1.165, 1.54) is 10.8 Å². The van der Waals surface area contributed by atoms with Gasteiger partial charge in [0.2, 0.25) is 0 Å². The average Bonchev–Trinajstić information content (AvgIpc) is 3.07. The van der Waals surface area contributed by atoms with Crippen molar-refractivity contribution in [2.45, 2.75) is 52.9 Å². The molecule has 6 nitrogen and oxygen atoms in total. The van der Waals surface area contributed by atoms with Gasteiger partial charge in [-0.25, -0.2) is 9.78 Å². The van der Waals surface area contributed by atoms with Crippen LogP contribution in [0.4, 0.5) is 8.78 Å². The minimum atomic E-state index is -3.39. The highest BCUT2D eigenvalue weighted by molar-refractivity contribution is 6.30. The summed E-state index contributed by atoms with van der Waals surface area (Å²) in [7, 11) is 0. The molecule has 0 amide bonds. The first-order chi connectivity index (χ1) is 16.0. The number of aliphatic hydroxyl groups is 1. The van der Waals surface area contributed by atoms with Crippen molar-refractivity contribution >= 4 is 17.6 Å². The number of ether oxygens (including phenoxy) is 1. The second-order valence-corrected chi connectivity index (χ2v) is 8.61. The van der Waals surface area contributed by atoms with Crippen LogP contribution in [0.1, 0.15) is 59.2 Å². The zero-order chi connectivity index (χ0) is 25.2. The van der Waals surface area contributed by atoms with Crippen molar-refractivity contribution in [3.63, 3.8) is 0 Å². The number of aliphatic hydroxyl groups excluding tert-OH is 1. The van der Waals surface area contributed by atoms with Crippen LogP contribution in [-0.4, -0.2) is 26.7 Å². The summed E-state index contributed by atoms with van der Waals surface area (Å²) in [5.41, 5.74) is 1.78. The van der Waals surface area contributed by atoms with Crippen LogP contribution in [0.15, 0.2) is 36.5 Å². The van der Waals surface area contributed by atoms with Gasteiger partial charge in [0.1, 0.15) is 10.8 Å². The van der Waals surface area contributed by atoms with Gasteiger partial charge >= 0.3 is 5.97 Å². The normalized spacial score (nSPS) is 11.5. The van der Waals surface area contributed by atoms with E-state index in [0.29, 0.717) is 33.5 Å². The Morgan fingerprint density at radius 1 is 1.32 bits per heavy atom. The Hall–Kier alpha value is -3.28. The highest BCUT2D eigenvalue weighted by Gasteiger charge is 2.39. The van der Waals surface area contributed by atoms with Gasteiger partial charge in [-0.15, -0.1) is 0 Å². The van der Waals surface area contributed by atoms with Crippen LogP contribution in [0, 0.1) is 18.3 Å². The van der Waals surface area contributed by atoms with Crippen molar-refractivity contribution in [2.24, 2.45) is 0 Å². The fraction of sp³-hybridized carbons (Fsp3) is 0.320. The molecule has 0 aliphatic carbocycles. The van der Waals surface area contributed by atoms with Gasteiger partial charge in [-0.3, -0.25) is 0 Å².